The number of rotatable bonds is 4. The van der Waals surface area contributed by atoms with Crippen molar-refractivity contribution in [1.82, 2.24) is 0 Å². The van der Waals surface area contributed by atoms with E-state index in [1.54, 1.807) is 0 Å². The molecule has 0 saturated heterocycles. The molecule has 3 heteroatoms. The zero-order valence-corrected chi connectivity index (χ0v) is 8.71. The Morgan fingerprint density at radius 2 is 2.00 bits per heavy atom. The van der Waals surface area contributed by atoms with Crippen molar-refractivity contribution in [3.63, 3.8) is 0 Å². The third kappa shape index (κ3) is 8.75. The second-order valence-corrected chi connectivity index (χ2v) is 8.68. The Hall–Kier alpha value is 0.748. The fraction of sp³-hybridized carbons (Fsp3) is 0.333. The van der Waals surface area contributed by atoms with E-state index >= 15 is 0 Å². The molecule has 0 bridgehead atoms. The molecule has 0 aromatic rings. The summed E-state index contributed by atoms with van der Waals surface area (Å²) in [5, 5.41) is 0. The summed E-state index contributed by atoms with van der Waals surface area (Å²) in [6.45, 7) is 3.59. The normalized spacial score (nSPS) is 12.0. The molecule has 0 aliphatic rings. The first-order valence-electron chi connectivity index (χ1n) is 2.48. The summed E-state index contributed by atoms with van der Waals surface area (Å²) in [4.78, 5) is 0. The average Bonchev–Trinajstić information content (AvgIpc) is 1.80. The first-order chi connectivity index (χ1) is 4.27. The Labute approximate surface area is 70.0 Å². The number of hydrogen-bond acceptors (Lipinski definition) is 0. The molecule has 0 rings (SSSR count). The maximum absolute atomic E-state index is 5.57. The van der Waals surface area contributed by atoms with Gasteiger partial charge in [0.05, 0.1) is 0 Å². The van der Waals surface area contributed by atoms with Gasteiger partial charge in [0.2, 0.25) is 0 Å². The Kier molecular flexibility index (Phi) is 7.43. The molecule has 0 N–H and O–H groups in total. The van der Waals surface area contributed by atoms with Crippen LogP contribution in [0.15, 0.2) is 23.2 Å². The fourth-order valence-electron chi connectivity index (χ4n) is 0.323. The van der Waals surface area contributed by atoms with Gasteiger partial charge in [-0.25, -0.2) is 0 Å². The summed E-state index contributed by atoms with van der Waals surface area (Å²) in [5.41, 5.74) is 0. The van der Waals surface area contributed by atoms with Gasteiger partial charge in [-0.3, -0.25) is 0 Å². The van der Waals surface area contributed by atoms with Gasteiger partial charge < -0.3 is 0 Å². The second kappa shape index (κ2) is 6.86. The van der Waals surface area contributed by atoms with E-state index in [0.717, 1.165) is 12.8 Å². The van der Waals surface area contributed by atoms with Crippen molar-refractivity contribution in [3.8, 4) is 0 Å². The van der Waals surface area contributed by atoms with Crippen molar-refractivity contribution in [2.24, 2.45) is 0 Å². The third-order valence-corrected chi connectivity index (χ3v) is 3.10. The molecule has 0 heterocycles. The summed E-state index contributed by atoms with van der Waals surface area (Å²) in [6, 6.07) is 0. The number of halogens is 2. The Morgan fingerprint density at radius 3 is 2.44 bits per heavy atom. The molecule has 0 aromatic heterocycles. The zero-order valence-electron chi connectivity index (χ0n) is 4.93. The van der Waals surface area contributed by atoms with Crippen LogP contribution in [-0.2, 0) is 15.2 Å². The molecule has 57 valence electrons. The minimum atomic E-state index is -1.63. The third-order valence-electron chi connectivity index (χ3n) is 0.692. The molecule has 9 heavy (non-hydrogen) atoms. The van der Waals surface area contributed by atoms with Crippen molar-refractivity contribution in [3.05, 3.63) is 23.2 Å². The first-order valence-corrected chi connectivity index (χ1v) is 9.42. The Bertz CT molecular complexity index is 99.2. The van der Waals surface area contributed by atoms with Crippen LogP contribution < -0.4 is 0 Å². The van der Waals surface area contributed by atoms with Gasteiger partial charge in [-0.1, -0.05) is 0 Å². The van der Waals surface area contributed by atoms with E-state index in [9.17, 15) is 0 Å². The van der Waals surface area contributed by atoms with E-state index in [4.69, 9.17) is 18.8 Å². The molecule has 0 saturated carbocycles. The van der Waals surface area contributed by atoms with Crippen LogP contribution in [-0.4, -0.2) is 0 Å². The van der Waals surface area contributed by atoms with E-state index in [2.05, 4.69) is 6.58 Å². The topological polar surface area (TPSA) is 0 Å². The van der Waals surface area contributed by atoms with Crippen LogP contribution in [0.5, 0.6) is 0 Å². The monoisotopic (exact) mass is 346 g/mol. The van der Waals surface area contributed by atoms with Gasteiger partial charge in [0, 0.05) is 0 Å². The van der Waals surface area contributed by atoms with E-state index in [0.29, 0.717) is 0 Å². The van der Waals surface area contributed by atoms with Crippen molar-refractivity contribution >= 4 is 18.8 Å². The van der Waals surface area contributed by atoms with Gasteiger partial charge in [-0.2, -0.15) is 0 Å². The van der Waals surface area contributed by atoms with Gasteiger partial charge >= 0.3 is 70.1 Å². The van der Waals surface area contributed by atoms with Gasteiger partial charge in [0.15, 0.2) is 0 Å². The summed E-state index contributed by atoms with van der Waals surface area (Å²) in [5.74, 6) is 0. The quantitative estimate of drug-likeness (QED) is 0.540. The number of unbranched alkanes of at least 4 members (excludes halogenated alkanes) is 1. The first kappa shape index (κ1) is 9.75. The number of hydrogen-bond donors (Lipinski definition) is 0. The molecule has 0 aromatic carbocycles. The van der Waals surface area contributed by atoms with Crippen LogP contribution in [0, 0.1) is 0 Å². The van der Waals surface area contributed by atoms with E-state index in [1.165, 1.54) is 0 Å². The van der Waals surface area contributed by atoms with Crippen LogP contribution in [0.3, 0.4) is 0 Å². The second-order valence-electron chi connectivity index (χ2n) is 1.39. The molecule has 0 unspecified atom stereocenters. The SMILES string of the molecule is C=CCCC=[CH][Pt]([Cl])[Cl]. The van der Waals surface area contributed by atoms with Crippen LogP contribution in [0.4, 0.5) is 0 Å². The van der Waals surface area contributed by atoms with E-state index in [-0.39, 0.29) is 0 Å². The van der Waals surface area contributed by atoms with Crippen molar-refractivity contribution in [2.45, 2.75) is 12.8 Å². The standard InChI is InChI=1S/C6H9.2ClH.Pt/c1-3-5-6-4-2;;;/h1,3-4H,2,5-6H2;2*1H;/q;;;+2/p-2. The van der Waals surface area contributed by atoms with E-state index < -0.39 is 15.2 Å². The molecule has 0 fully saturated rings. The molecular weight excluding hydrogens is 338 g/mol. The Balaban J connectivity index is 3.14. The predicted molar refractivity (Wildman–Crippen MR) is 40.3 cm³/mol. The van der Waals surface area contributed by atoms with E-state index in [1.807, 2.05) is 16.6 Å². The van der Waals surface area contributed by atoms with Crippen LogP contribution in [0.25, 0.3) is 0 Å². The molecule has 0 radical (unpaired) electrons. The molecule has 0 spiro atoms. The zero-order chi connectivity index (χ0) is 7.11. The number of allylic oxidation sites excluding steroid dienone is 2. The van der Waals surface area contributed by atoms with Crippen LogP contribution in [0.2, 0.25) is 0 Å². The summed E-state index contributed by atoms with van der Waals surface area (Å²) >= 11 is -1.63. The maximum atomic E-state index is 5.57. The van der Waals surface area contributed by atoms with Gasteiger partial charge in [0.25, 0.3) is 0 Å². The predicted octanol–water partition coefficient (Wildman–Crippen LogP) is 3.39. The minimum absolute atomic E-state index is 1.01. The average molecular weight is 347 g/mol. The van der Waals surface area contributed by atoms with Crippen molar-refractivity contribution in [1.29, 1.82) is 0 Å². The molecule has 0 aliphatic carbocycles. The molecule has 0 atom stereocenters. The Morgan fingerprint density at radius 1 is 1.33 bits per heavy atom. The van der Waals surface area contributed by atoms with Gasteiger partial charge in [-0.15, -0.1) is 0 Å². The molecule has 0 nitrogen and oxygen atoms in total. The van der Waals surface area contributed by atoms with Crippen LogP contribution >= 0.6 is 18.8 Å². The molecule has 0 amide bonds. The molecular formula is C6H9Cl2Pt. The van der Waals surface area contributed by atoms with Gasteiger partial charge in [0.1, 0.15) is 0 Å². The van der Waals surface area contributed by atoms with Crippen molar-refractivity contribution in [2.75, 3.05) is 0 Å². The van der Waals surface area contributed by atoms with Crippen LogP contribution in [0.1, 0.15) is 12.8 Å². The van der Waals surface area contributed by atoms with Crippen molar-refractivity contribution < 1.29 is 15.2 Å². The fourth-order valence-corrected chi connectivity index (χ4v) is 2.03. The summed E-state index contributed by atoms with van der Waals surface area (Å²) < 4.78 is 1.91. The summed E-state index contributed by atoms with van der Waals surface area (Å²) in [7, 11) is 11.1. The molecule has 0 aliphatic heterocycles. The summed E-state index contributed by atoms with van der Waals surface area (Å²) in [6.07, 6.45) is 5.92. The van der Waals surface area contributed by atoms with Gasteiger partial charge in [-0.05, 0) is 0 Å².